The van der Waals surface area contributed by atoms with Gasteiger partial charge in [-0.05, 0) is 24.3 Å². The highest BCUT2D eigenvalue weighted by Crippen LogP contribution is 2.47. The second kappa shape index (κ2) is 11.4. The number of oxazole rings is 1. The van der Waals surface area contributed by atoms with E-state index in [0.717, 1.165) is 4.57 Å². The minimum absolute atomic E-state index is 0.0715. The van der Waals surface area contributed by atoms with Crippen LogP contribution in [0, 0.1) is 0 Å². The summed E-state index contributed by atoms with van der Waals surface area (Å²) >= 11 is 6.34. The molecule has 2 unspecified atom stereocenters. The van der Waals surface area contributed by atoms with Gasteiger partial charge in [0.05, 0.1) is 46.1 Å². The minimum atomic E-state index is -4.83. The van der Waals surface area contributed by atoms with Gasteiger partial charge in [0.2, 0.25) is 5.82 Å². The Bertz CT molecular complexity index is 1570. The molecule has 216 valence electrons. The van der Waals surface area contributed by atoms with Crippen LogP contribution in [-0.2, 0) is 33.3 Å². The monoisotopic (exact) mass is 592 g/mol. The number of aryl methyl sites for hydroxylation is 1. The second-order valence-electron chi connectivity index (χ2n) is 9.01. The van der Waals surface area contributed by atoms with Crippen LogP contribution in [0.4, 0.5) is 13.2 Å². The Balaban J connectivity index is 1.65. The smallest absolute Gasteiger partial charge is 0.452 e. The van der Waals surface area contributed by atoms with Crippen molar-refractivity contribution in [3.63, 3.8) is 0 Å². The topological polar surface area (TPSA) is 111 Å². The molecule has 0 bridgehead atoms. The molecule has 0 radical (unpaired) electrons. The zero-order valence-corrected chi connectivity index (χ0v) is 22.8. The highest BCUT2D eigenvalue weighted by atomic mass is 35.5. The SMILES string of the molecule is COC(=O)CCc1cnc(CC2OC(c3cccc(OC)c3OC)c3cc(Cl)ccc3-n3c2nnc3C(F)(F)F)o1. The molecule has 41 heavy (non-hydrogen) atoms. The minimum Gasteiger partial charge on any atom is -0.493 e. The highest BCUT2D eigenvalue weighted by molar-refractivity contribution is 6.30. The summed E-state index contributed by atoms with van der Waals surface area (Å²) in [6, 6.07) is 9.60. The first-order chi connectivity index (χ1) is 19.6. The molecule has 4 aromatic rings. The van der Waals surface area contributed by atoms with E-state index < -0.39 is 30.2 Å². The zero-order chi connectivity index (χ0) is 29.3. The van der Waals surface area contributed by atoms with Gasteiger partial charge < -0.3 is 23.4 Å². The molecule has 14 heteroatoms. The third-order valence-electron chi connectivity index (χ3n) is 6.52. The second-order valence-corrected chi connectivity index (χ2v) is 9.44. The fourth-order valence-corrected chi connectivity index (χ4v) is 4.89. The van der Waals surface area contributed by atoms with Gasteiger partial charge in [-0.15, -0.1) is 10.2 Å². The average molecular weight is 593 g/mol. The number of methoxy groups -OCH3 is 3. The predicted octanol–water partition coefficient (Wildman–Crippen LogP) is 5.45. The number of aromatic nitrogens is 4. The quantitative estimate of drug-likeness (QED) is 0.246. The Morgan fingerprint density at radius 3 is 2.61 bits per heavy atom. The van der Waals surface area contributed by atoms with Gasteiger partial charge in [-0.1, -0.05) is 23.7 Å². The molecule has 0 N–H and O–H groups in total. The van der Waals surface area contributed by atoms with Gasteiger partial charge in [-0.2, -0.15) is 13.2 Å². The Morgan fingerprint density at radius 2 is 1.90 bits per heavy atom. The van der Waals surface area contributed by atoms with Gasteiger partial charge in [0.25, 0.3) is 0 Å². The number of hydrogen-bond acceptors (Lipinski definition) is 9. The summed E-state index contributed by atoms with van der Waals surface area (Å²) in [7, 11) is 4.20. The van der Waals surface area contributed by atoms with Crippen LogP contribution in [0.2, 0.25) is 5.02 Å². The van der Waals surface area contributed by atoms with Gasteiger partial charge in [-0.25, -0.2) is 4.98 Å². The molecule has 0 saturated carbocycles. The summed E-state index contributed by atoms with van der Waals surface area (Å²) in [5, 5.41) is 7.67. The van der Waals surface area contributed by atoms with Crippen LogP contribution >= 0.6 is 11.6 Å². The zero-order valence-electron chi connectivity index (χ0n) is 22.1. The van der Waals surface area contributed by atoms with Crippen molar-refractivity contribution < 1.29 is 41.3 Å². The first kappa shape index (κ1) is 28.4. The Morgan fingerprint density at radius 1 is 1.10 bits per heavy atom. The fourth-order valence-electron chi connectivity index (χ4n) is 4.71. The van der Waals surface area contributed by atoms with Crippen LogP contribution in [0.3, 0.4) is 0 Å². The van der Waals surface area contributed by atoms with E-state index in [4.69, 9.17) is 30.2 Å². The molecule has 3 heterocycles. The van der Waals surface area contributed by atoms with Crippen molar-refractivity contribution in [3.05, 3.63) is 82.0 Å². The number of nitrogens with zero attached hydrogens (tertiary/aromatic N) is 4. The largest absolute Gasteiger partial charge is 0.493 e. The molecule has 1 aliphatic heterocycles. The average Bonchev–Trinajstić information content (AvgIpc) is 3.58. The number of halogens is 4. The number of esters is 1. The van der Waals surface area contributed by atoms with E-state index in [1.165, 1.54) is 45.7 Å². The third-order valence-corrected chi connectivity index (χ3v) is 6.76. The van der Waals surface area contributed by atoms with E-state index in [0.29, 0.717) is 28.4 Å². The molecule has 2 atom stereocenters. The number of rotatable bonds is 8. The first-order valence-electron chi connectivity index (χ1n) is 12.3. The summed E-state index contributed by atoms with van der Waals surface area (Å²) in [6.45, 7) is 0. The number of fused-ring (bicyclic) bond motifs is 3. The van der Waals surface area contributed by atoms with Crippen molar-refractivity contribution in [1.82, 2.24) is 19.7 Å². The molecule has 0 saturated heterocycles. The maximum atomic E-state index is 14.2. The van der Waals surface area contributed by atoms with E-state index in [2.05, 4.69) is 19.9 Å². The first-order valence-corrected chi connectivity index (χ1v) is 12.7. The van der Waals surface area contributed by atoms with Crippen molar-refractivity contribution >= 4 is 17.6 Å². The van der Waals surface area contributed by atoms with E-state index in [9.17, 15) is 18.0 Å². The standard InChI is InChI=1S/C27H24ClF3N4O6/c1-37-19-6-4-5-16(24(19)39-3)23-17-11-14(28)7-9-18(17)35-25(33-34-26(35)27(29,30)31)20(41-23)12-21-32-13-15(40-21)8-10-22(36)38-2/h4-7,9,11,13,20,23H,8,10,12H2,1-3H3. The van der Waals surface area contributed by atoms with E-state index in [1.54, 1.807) is 18.2 Å². The normalized spacial score (nSPS) is 16.5. The summed E-state index contributed by atoms with van der Waals surface area (Å²) in [5.74, 6) is -0.463. The molecular weight excluding hydrogens is 569 g/mol. The van der Waals surface area contributed by atoms with Gasteiger partial charge >= 0.3 is 12.1 Å². The van der Waals surface area contributed by atoms with Crippen molar-refractivity contribution in [2.75, 3.05) is 21.3 Å². The van der Waals surface area contributed by atoms with Gasteiger partial charge in [-0.3, -0.25) is 9.36 Å². The van der Waals surface area contributed by atoms with Crippen molar-refractivity contribution in [1.29, 1.82) is 0 Å². The predicted molar refractivity (Wildman–Crippen MR) is 137 cm³/mol. The molecular formula is C27H24ClF3N4O6. The molecule has 0 amide bonds. The lowest BCUT2D eigenvalue weighted by molar-refractivity contribution is -0.146. The van der Waals surface area contributed by atoms with Crippen molar-refractivity contribution in [3.8, 4) is 17.2 Å². The van der Waals surface area contributed by atoms with Crippen LogP contribution in [0.5, 0.6) is 11.5 Å². The molecule has 0 fully saturated rings. The van der Waals surface area contributed by atoms with Crippen LogP contribution in [0.15, 0.2) is 47.0 Å². The Kier molecular flexibility index (Phi) is 7.91. The lowest BCUT2D eigenvalue weighted by Crippen LogP contribution is -2.17. The van der Waals surface area contributed by atoms with Gasteiger partial charge in [0.15, 0.2) is 23.2 Å². The lowest BCUT2D eigenvalue weighted by Gasteiger charge is -2.24. The van der Waals surface area contributed by atoms with Crippen LogP contribution in [0.25, 0.3) is 5.69 Å². The lowest BCUT2D eigenvalue weighted by atomic mass is 9.98. The third kappa shape index (κ3) is 5.59. The van der Waals surface area contributed by atoms with E-state index in [1.807, 2.05) is 0 Å². The number of ether oxygens (including phenoxy) is 4. The maximum absolute atomic E-state index is 14.2. The molecule has 0 spiro atoms. The van der Waals surface area contributed by atoms with E-state index in [-0.39, 0.29) is 41.7 Å². The van der Waals surface area contributed by atoms with E-state index >= 15 is 0 Å². The van der Waals surface area contributed by atoms with Crippen molar-refractivity contribution in [2.45, 2.75) is 37.6 Å². The molecule has 2 aromatic heterocycles. The molecule has 2 aromatic carbocycles. The number of benzene rings is 2. The molecule has 0 aliphatic carbocycles. The van der Waals surface area contributed by atoms with Crippen LogP contribution in [0.1, 0.15) is 53.1 Å². The summed E-state index contributed by atoms with van der Waals surface area (Å²) in [5.41, 5.74) is 0.938. The number of hydrogen-bond donors (Lipinski definition) is 0. The summed E-state index contributed by atoms with van der Waals surface area (Å²) in [6.07, 6.45) is -5.27. The fraction of sp³-hybridized carbons (Fsp3) is 0.333. The highest BCUT2D eigenvalue weighted by Gasteiger charge is 2.43. The molecule has 5 rings (SSSR count). The number of para-hydroxylation sites is 1. The summed E-state index contributed by atoms with van der Waals surface area (Å²) in [4.78, 5) is 15.8. The Hall–Kier alpha value is -4.10. The van der Waals surface area contributed by atoms with Gasteiger partial charge in [0, 0.05) is 22.6 Å². The molecule has 1 aliphatic rings. The number of carbonyl (C=O) groups excluding carboxylic acids is 1. The molecule has 10 nitrogen and oxygen atoms in total. The van der Waals surface area contributed by atoms with Gasteiger partial charge in [0.1, 0.15) is 18.0 Å². The Labute approximate surface area is 237 Å². The maximum Gasteiger partial charge on any atom is 0.452 e. The number of carbonyl (C=O) groups is 1. The van der Waals surface area contributed by atoms with Crippen LogP contribution in [-0.4, -0.2) is 47.0 Å². The van der Waals surface area contributed by atoms with Crippen molar-refractivity contribution in [2.24, 2.45) is 0 Å². The number of alkyl halides is 3. The van der Waals surface area contributed by atoms with Crippen LogP contribution < -0.4 is 9.47 Å². The summed E-state index contributed by atoms with van der Waals surface area (Å²) < 4.78 is 71.6.